The maximum absolute atomic E-state index is 13.9. The largest absolute Gasteiger partial charge is 0.447 e. The molecule has 252 valence electrons. The molecule has 0 saturated heterocycles. The van der Waals surface area contributed by atoms with Crippen molar-refractivity contribution < 1.29 is 17.9 Å². The second-order valence-corrected chi connectivity index (χ2v) is 17.7. The number of sulfonamides is 1. The number of nitrogens with one attached hydrogen (secondary N) is 2. The first-order valence-electron chi connectivity index (χ1n) is 17.1. The highest BCUT2D eigenvalue weighted by atomic mass is 32.2. The molecule has 1 spiro atoms. The van der Waals surface area contributed by atoms with Crippen LogP contribution in [-0.2, 0) is 21.2 Å². The zero-order chi connectivity index (χ0) is 33.7. The standard InChI is InChI=1S/C38H50N4O4S/c1-23(2)46-36(43)40-30-21-38(22-30)19-28(20-38)34-26-12-9-13-31(16-26)47(44,45)42-35-39-29(15-14-27(34)18-37(5,6)7)17-32(41-35)33-24(3)10-8-11-25(33)4/h8-13,16-17,23,27-28,30,34H,14-15,18-22H2,1-7H3,(H,40,43)(H,39,41,42)/t27-,28?,30?,34?,38?/m0/s1. The second-order valence-electron chi connectivity index (χ2n) is 16.0. The van der Waals surface area contributed by atoms with Crippen LogP contribution in [0.2, 0.25) is 0 Å². The van der Waals surface area contributed by atoms with Gasteiger partial charge >= 0.3 is 6.09 Å². The smallest absolute Gasteiger partial charge is 0.407 e. The van der Waals surface area contributed by atoms with Gasteiger partial charge in [0, 0.05) is 17.3 Å². The molecule has 9 heteroatoms. The highest BCUT2D eigenvalue weighted by Crippen LogP contribution is 2.63. The number of fused-ring (bicyclic) bond motifs is 4. The molecule has 2 N–H and O–H groups in total. The summed E-state index contributed by atoms with van der Waals surface area (Å²) in [6, 6.07) is 15.9. The molecule has 2 heterocycles. The monoisotopic (exact) mass is 658 g/mol. The number of carbonyl (C=O) groups excluding carboxylic acids is 1. The SMILES string of the molecule is Cc1cccc(C)c1-c1cc2nc(n1)NS(=O)(=O)c1cccc(c1)C(C1CC3(CC(NC(=O)OC(C)C)C3)C1)[C@H](CC(C)(C)C)CC2. The third-order valence-corrected chi connectivity index (χ3v) is 11.7. The van der Waals surface area contributed by atoms with Gasteiger partial charge < -0.3 is 10.1 Å². The number of benzene rings is 2. The van der Waals surface area contributed by atoms with Crippen LogP contribution in [0.1, 0.15) is 101 Å². The predicted octanol–water partition coefficient (Wildman–Crippen LogP) is 8.34. The fourth-order valence-electron chi connectivity index (χ4n) is 8.69. The highest BCUT2D eigenvalue weighted by molar-refractivity contribution is 7.92. The molecule has 1 aliphatic heterocycles. The van der Waals surface area contributed by atoms with Gasteiger partial charge in [-0.25, -0.2) is 27.9 Å². The van der Waals surface area contributed by atoms with E-state index in [9.17, 15) is 13.2 Å². The van der Waals surface area contributed by atoms with Crippen LogP contribution < -0.4 is 10.0 Å². The Morgan fingerprint density at radius 2 is 1.70 bits per heavy atom. The number of ether oxygens (including phenoxy) is 1. The van der Waals surface area contributed by atoms with Crippen LogP contribution in [0.15, 0.2) is 53.4 Å². The molecule has 1 aromatic heterocycles. The van der Waals surface area contributed by atoms with E-state index in [0.29, 0.717) is 11.8 Å². The van der Waals surface area contributed by atoms with Crippen molar-refractivity contribution in [3.8, 4) is 11.3 Å². The van der Waals surface area contributed by atoms with Crippen LogP contribution in [0.4, 0.5) is 10.7 Å². The Bertz CT molecular complexity index is 1730. The van der Waals surface area contributed by atoms with Gasteiger partial charge in [-0.1, -0.05) is 51.1 Å². The Hall–Kier alpha value is -3.46. The van der Waals surface area contributed by atoms with E-state index in [1.54, 1.807) is 6.07 Å². The third kappa shape index (κ3) is 7.35. The van der Waals surface area contributed by atoms with Crippen LogP contribution in [-0.4, -0.2) is 36.6 Å². The summed E-state index contributed by atoms with van der Waals surface area (Å²) in [6.45, 7) is 14.7. The van der Waals surface area contributed by atoms with Crippen LogP contribution in [0.25, 0.3) is 11.3 Å². The summed E-state index contributed by atoms with van der Waals surface area (Å²) in [7, 11) is -3.93. The summed E-state index contributed by atoms with van der Waals surface area (Å²) in [6.07, 6.45) is 6.32. The van der Waals surface area contributed by atoms with Gasteiger partial charge in [-0.2, -0.15) is 0 Å². The second kappa shape index (κ2) is 12.5. The van der Waals surface area contributed by atoms with Gasteiger partial charge in [-0.15, -0.1) is 0 Å². The molecule has 3 aliphatic rings. The first-order valence-corrected chi connectivity index (χ1v) is 18.6. The van der Waals surface area contributed by atoms with Crippen molar-refractivity contribution in [3.63, 3.8) is 0 Å². The molecule has 8 nitrogen and oxygen atoms in total. The molecule has 47 heavy (non-hydrogen) atoms. The number of rotatable bonds is 5. The number of aromatic nitrogens is 2. The topological polar surface area (TPSA) is 110 Å². The molecule has 3 aromatic rings. The normalized spacial score (nSPS) is 26.6. The van der Waals surface area contributed by atoms with Crippen LogP contribution in [0, 0.1) is 36.5 Å². The Labute approximate surface area is 280 Å². The van der Waals surface area contributed by atoms with E-state index in [-0.39, 0.29) is 45.8 Å². The molecule has 6 rings (SSSR count). The van der Waals surface area contributed by atoms with Crippen LogP contribution >= 0.6 is 0 Å². The van der Waals surface area contributed by atoms with Crippen molar-refractivity contribution in [2.45, 2.75) is 116 Å². The van der Waals surface area contributed by atoms with Gasteiger partial charge in [-0.05, 0) is 136 Å². The Morgan fingerprint density at radius 1 is 1.02 bits per heavy atom. The maximum atomic E-state index is 13.9. The number of aryl methyl sites for hydroxylation is 3. The molecule has 2 fully saturated rings. The van der Waals surface area contributed by atoms with E-state index in [1.807, 2.05) is 38.1 Å². The lowest BCUT2D eigenvalue weighted by molar-refractivity contribution is -0.0675. The Kier molecular flexibility index (Phi) is 8.92. The number of alkyl carbamates (subject to hydrolysis) is 1. The molecule has 1 amide bonds. The molecule has 2 atom stereocenters. The minimum atomic E-state index is -3.93. The summed E-state index contributed by atoms with van der Waals surface area (Å²) in [5, 5.41) is 3.05. The van der Waals surface area contributed by atoms with E-state index in [1.165, 1.54) is 0 Å². The van der Waals surface area contributed by atoms with Crippen molar-refractivity contribution in [1.82, 2.24) is 15.3 Å². The minimum absolute atomic E-state index is 0.0924. The minimum Gasteiger partial charge on any atom is -0.447 e. The Morgan fingerprint density at radius 3 is 2.36 bits per heavy atom. The quantitative estimate of drug-likeness (QED) is 0.285. The first kappa shape index (κ1) is 33.4. The number of carbonyl (C=O) groups is 1. The van der Waals surface area contributed by atoms with Gasteiger partial charge in [0.15, 0.2) is 0 Å². The van der Waals surface area contributed by atoms with Gasteiger partial charge in [0.1, 0.15) is 0 Å². The fourth-order valence-corrected chi connectivity index (χ4v) is 9.68. The van der Waals surface area contributed by atoms with Gasteiger partial charge in [0.25, 0.3) is 10.0 Å². The summed E-state index contributed by atoms with van der Waals surface area (Å²) in [4.78, 5) is 21.9. The lowest BCUT2D eigenvalue weighted by Crippen LogP contribution is -2.57. The van der Waals surface area contributed by atoms with Crippen molar-refractivity contribution >= 4 is 22.1 Å². The van der Waals surface area contributed by atoms with E-state index in [4.69, 9.17) is 14.7 Å². The zero-order valence-corrected chi connectivity index (χ0v) is 29.7. The number of hydrogen-bond acceptors (Lipinski definition) is 6. The number of anilines is 1. The average molecular weight is 659 g/mol. The number of hydrogen-bond donors (Lipinski definition) is 2. The van der Waals surface area contributed by atoms with Crippen molar-refractivity contribution in [2.24, 2.45) is 22.7 Å². The van der Waals surface area contributed by atoms with E-state index >= 15 is 0 Å². The molecule has 2 aromatic carbocycles. The molecule has 4 bridgehead atoms. The molecule has 2 aliphatic carbocycles. The lowest BCUT2D eigenvalue weighted by Gasteiger charge is -2.60. The van der Waals surface area contributed by atoms with Gasteiger partial charge in [0.05, 0.1) is 16.7 Å². The van der Waals surface area contributed by atoms with E-state index < -0.39 is 10.0 Å². The van der Waals surface area contributed by atoms with Gasteiger partial charge in [0.2, 0.25) is 5.95 Å². The summed E-state index contributed by atoms with van der Waals surface area (Å²) < 4.78 is 35.7. The summed E-state index contributed by atoms with van der Waals surface area (Å²) in [5.74, 6) is 1.10. The lowest BCUT2D eigenvalue weighted by atomic mass is 9.46. The number of amides is 1. The predicted molar refractivity (Wildman–Crippen MR) is 186 cm³/mol. The zero-order valence-electron chi connectivity index (χ0n) is 28.9. The third-order valence-electron chi connectivity index (χ3n) is 10.4. The van der Waals surface area contributed by atoms with E-state index in [0.717, 1.165) is 78.6 Å². The maximum Gasteiger partial charge on any atom is 0.407 e. The highest BCUT2D eigenvalue weighted by Gasteiger charge is 2.56. The van der Waals surface area contributed by atoms with Gasteiger partial charge in [-0.3, -0.25) is 0 Å². The van der Waals surface area contributed by atoms with Crippen molar-refractivity contribution in [1.29, 1.82) is 0 Å². The number of nitrogens with zero attached hydrogens (tertiary/aromatic N) is 2. The van der Waals surface area contributed by atoms with Crippen LogP contribution in [0.3, 0.4) is 0 Å². The molecular weight excluding hydrogens is 609 g/mol. The average Bonchev–Trinajstić information content (AvgIpc) is 2.91. The van der Waals surface area contributed by atoms with Crippen LogP contribution in [0.5, 0.6) is 0 Å². The summed E-state index contributed by atoms with van der Waals surface area (Å²) in [5.41, 5.74) is 6.21. The summed E-state index contributed by atoms with van der Waals surface area (Å²) >= 11 is 0. The van der Waals surface area contributed by atoms with Crippen molar-refractivity contribution in [2.75, 3.05) is 4.72 Å². The first-order chi connectivity index (χ1) is 22.1. The Balaban J connectivity index is 1.34. The van der Waals surface area contributed by atoms with Crippen molar-refractivity contribution in [3.05, 3.63) is 70.9 Å². The fraction of sp³-hybridized carbons (Fsp3) is 0.553. The molecular formula is C38H50N4O4S. The van der Waals surface area contributed by atoms with E-state index in [2.05, 4.69) is 62.9 Å². The molecule has 2 saturated carbocycles. The molecule has 0 radical (unpaired) electrons. The molecule has 1 unspecified atom stereocenters.